The lowest BCUT2D eigenvalue weighted by molar-refractivity contribution is -0.137. The van der Waals surface area contributed by atoms with Gasteiger partial charge >= 0.3 is 15.2 Å². The summed E-state index contributed by atoms with van der Waals surface area (Å²) in [5.74, 6) is -1.31. The number of nitrogen functional groups attached to an aromatic ring is 1. The van der Waals surface area contributed by atoms with Crippen LogP contribution in [0.4, 0.5) is 5.82 Å². The van der Waals surface area contributed by atoms with Crippen molar-refractivity contribution in [1.29, 1.82) is 0 Å². The number of hydrogen-bond donors (Lipinski definition) is 5. The zero-order valence-electron chi connectivity index (χ0n) is 24.3. The maximum atomic E-state index is 13.5. The van der Waals surface area contributed by atoms with E-state index in [9.17, 15) is 28.9 Å². The van der Waals surface area contributed by atoms with E-state index in [1.807, 2.05) is 0 Å². The quantitative estimate of drug-likeness (QED) is 0.117. The normalized spacial score (nSPS) is 21.0. The molecule has 2 amide bonds. The summed E-state index contributed by atoms with van der Waals surface area (Å²) in [6.45, 7) is 5.98. The third kappa shape index (κ3) is 7.95. The number of aliphatic hydroxyl groups excluding tert-OH is 2. The SMILES string of the molecule is CCOP(=O)(OCC)C(NC(=O)CCCNC(=O)[C@H]1O[C@@H](n2cnc3c(N)ncnc32)[C@H](O)[C@@H]1O)P(=O)(OCC)OCC. The zero-order chi connectivity index (χ0) is 31.8. The molecular formula is C23H39N7O11P2. The first kappa shape index (κ1) is 35.0. The van der Waals surface area contributed by atoms with Crippen molar-refractivity contribution >= 4 is 44.0 Å². The Bertz CT molecular complexity index is 1300. The predicted molar refractivity (Wildman–Crippen MR) is 152 cm³/mol. The molecule has 4 atom stereocenters. The van der Waals surface area contributed by atoms with Crippen LogP contribution in [0, 0.1) is 0 Å². The highest BCUT2D eigenvalue weighted by Gasteiger charge is 2.52. The summed E-state index contributed by atoms with van der Waals surface area (Å²) in [5, 5.41) is 26.0. The van der Waals surface area contributed by atoms with Crippen LogP contribution in [0.2, 0.25) is 0 Å². The van der Waals surface area contributed by atoms with Crippen molar-refractivity contribution in [3.63, 3.8) is 0 Å². The van der Waals surface area contributed by atoms with Gasteiger partial charge in [0, 0.05) is 13.0 Å². The summed E-state index contributed by atoms with van der Waals surface area (Å²) >= 11 is 0. The molecule has 0 aromatic carbocycles. The summed E-state index contributed by atoms with van der Waals surface area (Å²) in [6.07, 6.45) is -3.32. The number of carbonyl (C=O) groups is 2. The molecule has 1 aliphatic rings. The van der Waals surface area contributed by atoms with Crippen molar-refractivity contribution < 1.29 is 51.8 Å². The number of anilines is 1. The molecule has 3 heterocycles. The Morgan fingerprint density at radius 2 is 1.58 bits per heavy atom. The monoisotopic (exact) mass is 651 g/mol. The van der Waals surface area contributed by atoms with Gasteiger partial charge in [0.25, 0.3) is 5.91 Å². The fraction of sp³-hybridized carbons (Fsp3) is 0.696. The molecule has 2 aromatic rings. The fourth-order valence-electron chi connectivity index (χ4n) is 4.35. The van der Waals surface area contributed by atoms with Gasteiger partial charge in [0.1, 0.15) is 24.1 Å². The average molecular weight is 652 g/mol. The molecule has 43 heavy (non-hydrogen) atoms. The molecule has 1 fully saturated rings. The minimum atomic E-state index is -4.20. The van der Waals surface area contributed by atoms with Gasteiger partial charge < -0.3 is 49.4 Å². The van der Waals surface area contributed by atoms with Crippen molar-refractivity contribution in [1.82, 2.24) is 30.2 Å². The molecule has 6 N–H and O–H groups in total. The maximum absolute atomic E-state index is 13.5. The van der Waals surface area contributed by atoms with Gasteiger partial charge in [-0.25, -0.2) is 15.0 Å². The number of amides is 2. The van der Waals surface area contributed by atoms with E-state index in [0.29, 0.717) is 0 Å². The summed E-state index contributed by atoms with van der Waals surface area (Å²) in [4.78, 5) is 37.7. The van der Waals surface area contributed by atoms with Crippen LogP contribution < -0.4 is 16.4 Å². The van der Waals surface area contributed by atoms with E-state index < -0.39 is 57.1 Å². The molecule has 18 nitrogen and oxygen atoms in total. The lowest BCUT2D eigenvalue weighted by Crippen LogP contribution is -2.43. The molecule has 0 bridgehead atoms. The molecule has 0 spiro atoms. The van der Waals surface area contributed by atoms with Crippen molar-refractivity contribution in [3.8, 4) is 0 Å². The Morgan fingerprint density at radius 3 is 2.14 bits per heavy atom. The molecule has 2 aromatic heterocycles. The van der Waals surface area contributed by atoms with Crippen LogP contribution in [-0.2, 0) is 41.6 Å². The van der Waals surface area contributed by atoms with E-state index in [2.05, 4.69) is 25.6 Å². The number of fused-ring (bicyclic) bond motifs is 1. The molecule has 1 aliphatic heterocycles. The molecule has 20 heteroatoms. The highest BCUT2D eigenvalue weighted by atomic mass is 31.2. The van der Waals surface area contributed by atoms with Crippen molar-refractivity contribution in [2.45, 2.75) is 70.6 Å². The van der Waals surface area contributed by atoms with Crippen LogP contribution in [0.15, 0.2) is 12.7 Å². The number of imidazole rings is 1. The third-order valence-electron chi connectivity index (χ3n) is 6.16. The lowest BCUT2D eigenvalue weighted by atomic mass is 10.1. The second kappa shape index (κ2) is 15.5. The number of nitrogens with two attached hydrogens (primary N) is 1. The van der Waals surface area contributed by atoms with Gasteiger partial charge in [0.15, 0.2) is 23.8 Å². The maximum Gasteiger partial charge on any atom is 0.365 e. The van der Waals surface area contributed by atoms with E-state index >= 15 is 0 Å². The Morgan fingerprint density at radius 1 is 1.00 bits per heavy atom. The molecular weight excluding hydrogens is 612 g/mol. The number of carbonyl (C=O) groups excluding carboxylic acids is 2. The summed E-state index contributed by atoms with van der Waals surface area (Å²) < 4.78 is 55.4. The first-order valence-corrected chi connectivity index (χ1v) is 17.0. The van der Waals surface area contributed by atoms with Gasteiger partial charge in [-0.1, -0.05) is 0 Å². The van der Waals surface area contributed by atoms with Gasteiger partial charge in [-0.15, -0.1) is 0 Å². The average Bonchev–Trinajstić information content (AvgIpc) is 3.51. The molecule has 0 unspecified atom stereocenters. The molecule has 0 saturated carbocycles. The Labute approximate surface area is 248 Å². The summed E-state index contributed by atoms with van der Waals surface area (Å²) in [7, 11) is -8.39. The zero-order valence-corrected chi connectivity index (χ0v) is 26.1. The molecule has 0 radical (unpaired) electrons. The molecule has 0 aliphatic carbocycles. The summed E-state index contributed by atoms with van der Waals surface area (Å²) in [6, 6.07) is 0. The Kier molecular flexibility index (Phi) is 12.6. The van der Waals surface area contributed by atoms with E-state index in [1.165, 1.54) is 17.2 Å². The largest absolute Gasteiger partial charge is 0.387 e. The van der Waals surface area contributed by atoms with E-state index in [4.69, 9.17) is 28.6 Å². The number of nitrogens with zero attached hydrogens (tertiary/aromatic N) is 4. The highest BCUT2D eigenvalue weighted by Crippen LogP contribution is 2.69. The molecule has 242 valence electrons. The van der Waals surface area contributed by atoms with Crippen LogP contribution in [0.5, 0.6) is 0 Å². The van der Waals surface area contributed by atoms with Crippen LogP contribution in [0.3, 0.4) is 0 Å². The second-order valence-electron chi connectivity index (χ2n) is 9.10. The first-order chi connectivity index (χ1) is 20.5. The lowest BCUT2D eigenvalue weighted by Gasteiger charge is -2.31. The van der Waals surface area contributed by atoms with Crippen molar-refractivity contribution in [3.05, 3.63) is 12.7 Å². The van der Waals surface area contributed by atoms with Gasteiger partial charge in [0.2, 0.25) is 11.4 Å². The van der Waals surface area contributed by atoms with Gasteiger partial charge in [0.05, 0.1) is 32.8 Å². The van der Waals surface area contributed by atoms with Crippen LogP contribution >= 0.6 is 15.2 Å². The smallest absolute Gasteiger partial charge is 0.365 e. The molecule has 1 saturated heterocycles. The minimum Gasteiger partial charge on any atom is -0.387 e. The summed E-state index contributed by atoms with van der Waals surface area (Å²) in [5.41, 5.74) is 4.58. The van der Waals surface area contributed by atoms with Crippen LogP contribution in [-0.4, -0.2) is 98.4 Å². The topological polar surface area (TPSA) is 249 Å². The standard InChI is InChI=1S/C23H39N7O11P2/c1-5-37-42(35,38-6-2)23(43(36,39-7-3)40-8-4)29-14(31)10-9-11-25-21(34)18-16(32)17(33)22(41-18)30-13-28-15-19(24)26-12-27-20(15)30/h12-13,16-18,22-23,32-33H,5-11H2,1-4H3,(H,25,34)(H,29,31)(H2,24,26,27)/t16-,17+,18-,22+/m0/s1. The van der Waals surface area contributed by atoms with E-state index in [-0.39, 0.29) is 62.8 Å². The van der Waals surface area contributed by atoms with Crippen LogP contribution in [0.25, 0.3) is 11.2 Å². The fourth-order valence-corrected chi connectivity index (χ4v) is 9.29. The van der Waals surface area contributed by atoms with Crippen molar-refractivity contribution in [2.24, 2.45) is 0 Å². The molecule has 3 rings (SSSR count). The number of ether oxygens (including phenoxy) is 1. The number of hydrogen-bond acceptors (Lipinski definition) is 15. The number of aliphatic hydroxyl groups is 2. The third-order valence-corrected chi connectivity index (χ3v) is 11.8. The Balaban J connectivity index is 1.61. The first-order valence-electron chi connectivity index (χ1n) is 13.7. The van der Waals surface area contributed by atoms with E-state index in [1.54, 1.807) is 27.7 Å². The second-order valence-corrected chi connectivity index (χ2v) is 13.7. The number of aromatic nitrogens is 4. The van der Waals surface area contributed by atoms with Crippen molar-refractivity contribution in [2.75, 3.05) is 38.7 Å². The van der Waals surface area contributed by atoms with E-state index in [0.717, 1.165) is 0 Å². The van der Waals surface area contributed by atoms with Gasteiger partial charge in [-0.3, -0.25) is 23.3 Å². The predicted octanol–water partition coefficient (Wildman–Crippen LogP) is 0.856. The minimum absolute atomic E-state index is 0.0365. The van der Waals surface area contributed by atoms with Gasteiger partial charge in [-0.2, -0.15) is 0 Å². The van der Waals surface area contributed by atoms with Gasteiger partial charge in [-0.05, 0) is 34.1 Å². The number of rotatable bonds is 17. The highest BCUT2D eigenvalue weighted by molar-refractivity contribution is 7.72. The number of nitrogens with one attached hydrogen (secondary N) is 2. The Hall–Kier alpha value is -2.53. The van der Waals surface area contributed by atoms with Crippen LogP contribution in [0.1, 0.15) is 46.8 Å².